The summed E-state index contributed by atoms with van der Waals surface area (Å²) in [5, 5.41) is 8.55. The second-order valence-corrected chi connectivity index (χ2v) is 4.96. The molecule has 0 saturated carbocycles. The van der Waals surface area contributed by atoms with Crippen LogP contribution < -0.4 is 0 Å². The molecular formula is C13H13ClN4O. The van der Waals surface area contributed by atoms with Gasteiger partial charge in [-0.05, 0) is 31.0 Å². The van der Waals surface area contributed by atoms with E-state index in [-0.39, 0.29) is 5.91 Å². The Morgan fingerprint density at radius 3 is 2.79 bits per heavy atom. The Labute approximate surface area is 115 Å². The number of carbonyl (C=O) groups excluding carboxylic acids is 1. The normalized spacial score (nSPS) is 14.9. The van der Waals surface area contributed by atoms with E-state index in [1.807, 2.05) is 17.0 Å². The molecule has 19 heavy (non-hydrogen) atoms. The van der Waals surface area contributed by atoms with Crippen molar-refractivity contribution in [1.82, 2.24) is 19.9 Å². The van der Waals surface area contributed by atoms with Gasteiger partial charge in [0.25, 0.3) is 5.91 Å². The number of likely N-dealkylation sites (tertiary alicyclic amines) is 1. The lowest BCUT2D eigenvalue weighted by Gasteiger charge is -2.12. The van der Waals surface area contributed by atoms with E-state index in [9.17, 15) is 4.79 Å². The highest BCUT2D eigenvalue weighted by atomic mass is 35.5. The van der Waals surface area contributed by atoms with E-state index in [0.29, 0.717) is 10.7 Å². The lowest BCUT2D eigenvalue weighted by atomic mass is 10.3. The molecule has 1 aliphatic heterocycles. The van der Waals surface area contributed by atoms with Crippen molar-refractivity contribution in [1.29, 1.82) is 0 Å². The predicted molar refractivity (Wildman–Crippen MR) is 71.5 cm³/mol. The van der Waals surface area contributed by atoms with E-state index in [2.05, 4.69) is 10.3 Å². The van der Waals surface area contributed by atoms with E-state index < -0.39 is 0 Å². The SMILES string of the molecule is O=C(c1cn(-c2cccc(Cl)c2)nn1)N1CCCC1. The summed E-state index contributed by atoms with van der Waals surface area (Å²) in [5.74, 6) is -0.0502. The first-order valence-corrected chi connectivity index (χ1v) is 6.59. The fourth-order valence-electron chi connectivity index (χ4n) is 2.19. The molecular weight excluding hydrogens is 264 g/mol. The van der Waals surface area contributed by atoms with Gasteiger partial charge in [0.1, 0.15) is 0 Å². The number of halogens is 1. The van der Waals surface area contributed by atoms with Crippen LogP contribution in [0, 0.1) is 0 Å². The zero-order valence-corrected chi connectivity index (χ0v) is 11.0. The van der Waals surface area contributed by atoms with Gasteiger partial charge in [0.15, 0.2) is 5.69 Å². The van der Waals surface area contributed by atoms with Crippen LogP contribution in [-0.4, -0.2) is 38.9 Å². The predicted octanol–water partition coefficient (Wildman–Crippen LogP) is 2.16. The van der Waals surface area contributed by atoms with Crippen molar-refractivity contribution in [2.24, 2.45) is 0 Å². The summed E-state index contributed by atoms with van der Waals surface area (Å²) in [7, 11) is 0. The minimum Gasteiger partial charge on any atom is -0.337 e. The van der Waals surface area contributed by atoms with Gasteiger partial charge >= 0.3 is 0 Å². The summed E-state index contributed by atoms with van der Waals surface area (Å²) < 4.78 is 1.56. The van der Waals surface area contributed by atoms with E-state index in [4.69, 9.17) is 11.6 Å². The van der Waals surface area contributed by atoms with Crippen LogP contribution >= 0.6 is 11.6 Å². The minimum absolute atomic E-state index is 0.0502. The maximum Gasteiger partial charge on any atom is 0.276 e. The molecule has 0 unspecified atom stereocenters. The molecule has 1 fully saturated rings. The number of benzene rings is 1. The lowest BCUT2D eigenvalue weighted by Crippen LogP contribution is -2.27. The van der Waals surface area contributed by atoms with Crippen molar-refractivity contribution in [2.75, 3.05) is 13.1 Å². The Kier molecular flexibility index (Phi) is 3.21. The molecule has 2 aromatic rings. The number of hydrogen-bond donors (Lipinski definition) is 0. The topological polar surface area (TPSA) is 51.0 Å². The third kappa shape index (κ3) is 2.46. The van der Waals surface area contributed by atoms with Gasteiger partial charge in [0.05, 0.1) is 11.9 Å². The fourth-order valence-corrected chi connectivity index (χ4v) is 2.37. The Bertz CT molecular complexity index is 604. The van der Waals surface area contributed by atoms with Crippen molar-refractivity contribution in [2.45, 2.75) is 12.8 Å². The molecule has 1 aromatic carbocycles. The van der Waals surface area contributed by atoms with Crippen molar-refractivity contribution in [3.8, 4) is 5.69 Å². The first-order valence-electron chi connectivity index (χ1n) is 6.21. The highest BCUT2D eigenvalue weighted by molar-refractivity contribution is 6.30. The standard InChI is InChI=1S/C13H13ClN4O/c14-10-4-3-5-11(8-10)18-9-12(15-16-18)13(19)17-6-1-2-7-17/h3-5,8-9H,1-2,6-7H2. The molecule has 0 N–H and O–H groups in total. The summed E-state index contributed by atoms with van der Waals surface area (Å²) in [6, 6.07) is 7.27. The van der Waals surface area contributed by atoms with Crippen molar-refractivity contribution in [3.63, 3.8) is 0 Å². The number of rotatable bonds is 2. The second-order valence-electron chi connectivity index (χ2n) is 4.53. The largest absolute Gasteiger partial charge is 0.337 e. The lowest BCUT2D eigenvalue weighted by molar-refractivity contribution is 0.0787. The van der Waals surface area contributed by atoms with Crippen LogP contribution in [0.1, 0.15) is 23.3 Å². The first-order chi connectivity index (χ1) is 9.24. The number of aromatic nitrogens is 3. The van der Waals surface area contributed by atoms with E-state index >= 15 is 0 Å². The van der Waals surface area contributed by atoms with Crippen molar-refractivity contribution < 1.29 is 4.79 Å². The average Bonchev–Trinajstić information content (AvgIpc) is 3.10. The monoisotopic (exact) mass is 276 g/mol. The maximum atomic E-state index is 12.1. The van der Waals surface area contributed by atoms with Gasteiger partial charge in [-0.15, -0.1) is 5.10 Å². The van der Waals surface area contributed by atoms with Crippen LogP contribution in [0.2, 0.25) is 5.02 Å². The smallest absolute Gasteiger partial charge is 0.276 e. The third-order valence-corrected chi connectivity index (χ3v) is 3.41. The molecule has 0 bridgehead atoms. The first kappa shape index (κ1) is 12.2. The number of hydrogen-bond acceptors (Lipinski definition) is 3. The molecule has 0 aliphatic carbocycles. The molecule has 1 amide bonds. The summed E-state index contributed by atoms with van der Waals surface area (Å²) in [6.45, 7) is 1.62. The van der Waals surface area contributed by atoms with Crippen LogP contribution in [0.3, 0.4) is 0 Å². The van der Waals surface area contributed by atoms with E-state index in [1.54, 1.807) is 23.0 Å². The summed E-state index contributed by atoms with van der Waals surface area (Å²) in [4.78, 5) is 14.0. The molecule has 5 nitrogen and oxygen atoms in total. The molecule has 3 rings (SSSR count). The zero-order chi connectivity index (χ0) is 13.2. The molecule has 0 radical (unpaired) electrons. The highest BCUT2D eigenvalue weighted by Crippen LogP contribution is 2.15. The third-order valence-electron chi connectivity index (χ3n) is 3.18. The molecule has 6 heteroatoms. The number of carbonyl (C=O) groups is 1. The van der Waals surface area contributed by atoms with Crippen molar-refractivity contribution >= 4 is 17.5 Å². The highest BCUT2D eigenvalue weighted by Gasteiger charge is 2.22. The van der Waals surface area contributed by atoms with Gasteiger partial charge in [-0.1, -0.05) is 22.9 Å². The van der Waals surface area contributed by atoms with Crippen LogP contribution in [0.25, 0.3) is 5.69 Å². The van der Waals surface area contributed by atoms with Crippen LogP contribution in [0.4, 0.5) is 0 Å². The van der Waals surface area contributed by atoms with Gasteiger partial charge in [0.2, 0.25) is 0 Å². The molecule has 98 valence electrons. The Morgan fingerprint density at radius 2 is 2.05 bits per heavy atom. The van der Waals surface area contributed by atoms with Gasteiger partial charge in [-0.2, -0.15) is 0 Å². The quantitative estimate of drug-likeness (QED) is 0.845. The summed E-state index contributed by atoms with van der Waals surface area (Å²) >= 11 is 5.93. The number of amides is 1. The van der Waals surface area contributed by atoms with Gasteiger partial charge < -0.3 is 4.90 Å². The molecule has 1 aliphatic rings. The molecule has 1 aromatic heterocycles. The van der Waals surface area contributed by atoms with Gasteiger partial charge in [-0.3, -0.25) is 4.79 Å². The van der Waals surface area contributed by atoms with Gasteiger partial charge in [0, 0.05) is 18.1 Å². The Balaban J connectivity index is 1.85. The fraction of sp³-hybridized carbons (Fsp3) is 0.308. The van der Waals surface area contributed by atoms with Crippen LogP contribution in [0.15, 0.2) is 30.5 Å². The minimum atomic E-state index is -0.0502. The summed E-state index contributed by atoms with van der Waals surface area (Å²) in [6.07, 6.45) is 3.77. The van der Waals surface area contributed by atoms with Gasteiger partial charge in [-0.25, -0.2) is 4.68 Å². The Hall–Kier alpha value is -1.88. The number of nitrogens with zero attached hydrogens (tertiary/aromatic N) is 4. The molecule has 1 saturated heterocycles. The van der Waals surface area contributed by atoms with E-state index in [1.165, 1.54) is 0 Å². The van der Waals surface area contributed by atoms with Crippen LogP contribution in [-0.2, 0) is 0 Å². The summed E-state index contributed by atoms with van der Waals surface area (Å²) in [5.41, 5.74) is 1.17. The van der Waals surface area contributed by atoms with Crippen LogP contribution in [0.5, 0.6) is 0 Å². The molecule has 0 spiro atoms. The van der Waals surface area contributed by atoms with Crippen molar-refractivity contribution in [3.05, 3.63) is 41.2 Å². The zero-order valence-electron chi connectivity index (χ0n) is 10.3. The Morgan fingerprint density at radius 1 is 1.26 bits per heavy atom. The van der Waals surface area contributed by atoms with E-state index in [0.717, 1.165) is 31.6 Å². The molecule has 2 heterocycles. The second kappa shape index (κ2) is 5.01. The average molecular weight is 277 g/mol. The molecule has 0 atom stereocenters. The maximum absolute atomic E-state index is 12.1.